The molecule has 0 saturated carbocycles. The number of ketones is 1. The fourth-order valence-electron chi connectivity index (χ4n) is 2.40. The van der Waals surface area contributed by atoms with Crippen molar-refractivity contribution < 1.29 is 23.9 Å². The summed E-state index contributed by atoms with van der Waals surface area (Å²) in [6, 6.07) is 6.00. The summed E-state index contributed by atoms with van der Waals surface area (Å²) >= 11 is 3.28. The lowest BCUT2D eigenvalue weighted by atomic mass is 9.99. The largest absolute Gasteiger partial charge is 0.453 e. The summed E-state index contributed by atoms with van der Waals surface area (Å²) in [7, 11) is 0. The summed E-state index contributed by atoms with van der Waals surface area (Å²) < 4.78 is 5.91. The zero-order valence-electron chi connectivity index (χ0n) is 14.2. The van der Waals surface area contributed by atoms with Crippen molar-refractivity contribution >= 4 is 39.6 Å². The third kappa shape index (κ3) is 4.07. The molecule has 134 valence electrons. The van der Waals surface area contributed by atoms with Gasteiger partial charge >= 0.3 is 12.0 Å². The highest BCUT2D eigenvalue weighted by atomic mass is 79.9. The van der Waals surface area contributed by atoms with Crippen LogP contribution in [0.5, 0.6) is 0 Å². The molecule has 0 aromatic heterocycles. The number of rotatable bonds is 6. The van der Waals surface area contributed by atoms with Gasteiger partial charge in [-0.05, 0) is 32.4 Å². The number of carbonyl (C=O) groups excluding carboxylic acids is 4. The Morgan fingerprint density at radius 3 is 2.40 bits per heavy atom. The van der Waals surface area contributed by atoms with E-state index in [-0.39, 0.29) is 5.78 Å². The number of nitrogens with one attached hydrogen (secondary N) is 1. The van der Waals surface area contributed by atoms with Crippen LogP contribution in [0.1, 0.15) is 37.6 Å². The van der Waals surface area contributed by atoms with E-state index in [1.165, 1.54) is 6.92 Å². The molecule has 1 aliphatic rings. The average Bonchev–Trinajstić information content (AvgIpc) is 2.78. The van der Waals surface area contributed by atoms with E-state index in [1.807, 2.05) is 0 Å². The molecule has 1 aromatic carbocycles. The van der Waals surface area contributed by atoms with Crippen LogP contribution < -0.4 is 5.32 Å². The lowest BCUT2D eigenvalue weighted by Gasteiger charge is -2.19. The number of urea groups is 1. The van der Waals surface area contributed by atoms with Crippen LogP contribution in [0.3, 0.4) is 0 Å². The Bertz CT molecular complexity index is 718. The maximum Gasteiger partial charge on any atom is 0.326 e. The molecule has 0 bridgehead atoms. The smallest absolute Gasteiger partial charge is 0.326 e. The Hall–Kier alpha value is -2.22. The lowest BCUT2D eigenvalue weighted by Crippen LogP contribution is -2.43. The van der Waals surface area contributed by atoms with E-state index in [0.717, 1.165) is 9.37 Å². The average molecular weight is 411 g/mol. The number of amides is 3. The Morgan fingerprint density at radius 1 is 1.28 bits per heavy atom. The molecule has 1 N–H and O–H groups in total. The molecule has 0 spiro atoms. The zero-order chi connectivity index (χ0) is 18.8. The van der Waals surface area contributed by atoms with E-state index in [9.17, 15) is 19.2 Å². The van der Waals surface area contributed by atoms with Gasteiger partial charge in [-0.15, -0.1) is 0 Å². The third-order valence-corrected chi connectivity index (χ3v) is 4.67. The number of ether oxygens (including phenoxy) is 1. The van der Waals surface area contributed by atoms with Gasteiger partial charge in [-0.3, -0.25) is 19.3 Å². The molecule has 1 aromatic rings. The van der Waals surface area contributed by atoms with Gasteiger partial charge in [0, 0.05) is 10.0 Å². The van der Waals surface area contributed by atoms with Gasteiger partial charge in [-0.1, -0.05) is 35.0 Å². The number of esters is 1. The molecule has 3 amide bonds. The first-order valence-electron chi connectivity index (χ1n) is 7.81. The minimum absolute atomic E-state index is 0.364. The summed E-state index contributed by atoms with van der Waals surface area (Å²) in [5.41, 5.74) is -0.618. The van der Waals surface area contributed by atoms with Gasteiger partial charge < -0.3 is 10.1 Å². The van der Waals surface area contributed by atoms with Crippen molar-refractivity contribution in [2.75, 3.05) is 6.54 Å². The molecule has 7 nitrogen and oxygen atoms in total. The fourth-order valence-corrected chi connectivity index (χ4v) is 2.66. The van der Waals surface area contributed by atoms with E-state index in [2.05, 4.69) is 21.2 Å². The van der Waals surface area contributed by atoms with Crippen LogP contribution in [0.2, 0.25) is 0 Å². The molecule has 1 fully saturated rings. The van der Waals surface area contributed by atoms with Crippen molar-refractivity contribution in [1.29, 1.82) is 0 Å². The van der Waals surface area contributed by atoms with E-state index in [4.69, 9.17) is 4.74 Å². The first kappa shape index (κ1) is 19.1. The number of hydrogen-bond acceptors (Lipinski definition) is 5. The van der Waals surface area contributed by atoms with Crippen LogP contribution >= 0.6 is 15.9 Å². The number of imide groups is 1. The van der Waals surface area contributed by atoms with Crippen molar-refractivity contribution in [3.63, 3.8) is 0 Å². The van der Waals surface area contributed by atoms with Crippen molar-refractivity contribution in [1.82, 2.24) is 10.2 Å². The molecule has 2 rings (SSSR count). The molecule has 8 heteroatoms. The minimum atomic E-state index is -1.02. The number of benzene rings is 1. The van der Waals surface area contributed by atoms with E-state index in [1.54, 1.807) is 38.1 Å². The molecular weight excluding hydrogens is 392 g/mol. The fraction of sp³-hybridized carbons (Fsp3) is 0.412. The number of hydrogen-bond donors (Lipinski definition) is 1. The van der Waals surface area contributed by atoms with Crippen LogP contribution in [-0.4, -0.2) is 46.8 Å². The van der Waals surface area contributed by atoms with Gasteiger partial charge in [0.25, 0.3) is 5.91 Å². The van der Waals surface area contributed by atoms with Crippen molar-refractivity contribution in [2.45, 2.75) is 38.8 Å². The summed E-state index contributed by atoms with van der Waals surface area (Å²) in [5, 5.41) is 2.55. The zero-order valence-corrected chi connectivity index (χ0v) is 15.8. The maximum absolute atomic E-state index is 12.3. The summed E-state index contributed by atoms with van der Waals surface area (Å²) in [4.78, 5) is 49.2. The van der Waals surface area contributed by atoms with Gasteiger partial charge in [0.15, 0.2) is 6.10 Å². The van der Waals surface area contributed by atoms with Gasteiger partial charge in [0.2, 0.25) is 5.78 Å². The second kappa shape index (κ2) is 7.35. The number of Topliss-reactive ketones (excluding diaryl/α,β-unsaturated/α-hetero) is 1. The van der Waals surface area contributed by atoms with E-state index in [0.29, 0.717) is 12.0 Å². The molecule has 1 saturated heterocycles. The van der Waals surface area contributed by atoms with Crippen LogP contribution in [-0.2, 0) is 14.3 Å². The van der Waals surface area contributed by atoms with Crippen LogP contribution in [0, 0.1) is 0 Å². The second-order valence-electron chi connectivity index (χ2n) is 6.01. The van der Waals surface area contributed by atoms with Crippen molar-refractivity contribution in [2.24, 2.45) is 0 Å². The predicted octanol–water partition coefficient (Wildman–Crippen LogP) is 2.28. The van der Waals surface area contributed by atoms with E-state index >= 15 is 0 Å². The third-order valence-electron chi connectivity index (χ3n) is 4.15. The van der Waals surface area contributed by atoms with Gasteiger partial charge in [0.05, 0.1) is 0 Å². The molecule has 0 unspecified atom stereocenters. The quantitative estimate of drug-likeness (QED) is 0.441. The lowest BCUT2D eigenvalue weighted by molar-refractivity contribution is -0.149. The van der Waals surface area contributed by atoms with Crippen LogP contribution in [0.4, 0.5) is 4.79 Å². The Balaban J connectivity index is 1.98. The first-order valence-corrected chi connectivity index (χ1v) is 8.60. The molecule has 0 radical (unpaired) electrons. The van der Waals surface area contributed by atoms with Crippen molar-refractivity contribution in [3.05, 3.63) is 34.3 Å². The number of halogens is 1. The normalized spacial score (nSPS) is 21.0. The molecule has 25 heavy (non-hydrogen) atoms. The monoisotopic (exact) mass is 410 g/mol. The highest BCUT2D eigenvalue weighted by Gasteiger charge is 2.47. The molecule has 1 heterocycles. The van der Waals surface area contributed by atoms with Crippen LogP contribution in [0.25, 0.3) is 0 Å². The van der Waals surface area contributed by atoms with Crippen LogP contribution in [0.15, 0.2) is 28.7 Å². The Morgan fingerprint density at radius 2 is 1.88 bits per heavy atom. The SMILES string of the molecule is CC[C@]1(C)NC(=O)N(CC(=O)O[C@H](C)C(=O)c2ccc(Br)cc2)C1=O. The van der Waals surface area contributed by atoms with Crippen molar-refractivity contribution in [3.8, 4) is 0 Å². The molecular formula is C17H19BrN2O5. The van der Waals surface area contributed by atoms with Gasteiger partial charge in [-0.2, -0.15) is 0 Å². The number of carbonyl (C=O) groups is 4. The predicted molar refractivity (Wildman–Crippen MR) is 93.0 cm³/mol. The molecule has 1 aliphatic heterocycles. The number of nitrogens with zero attached hydrogens (tertiary/aromatic N) is 1. The summed E-state index contributed by atoms with van der Waals surface area (Å²) in [6.45, 7) is 4.28. The second-order valence-corrected chi connectivity index (χ2v) is 6.93. The highest BCUT2D eigenvalue weighted by Crippen LogP contribution is 2.20. The highest BCUT2D eigenvalue weighted by molar-refractivity contribution is 9.10. The van der Waals surface area contributed by atoms with Gasteiger partial charge in [0.1, 0.15) is 12.1 Å². The topological polar surface area (TPSA) is 92.8 Å². The van der Waals surface area contributed by atoms with E-state index < -0.39 is 36.1 Å². The summed E-state index contributed by atoms with van der Waals surface area (Å²) in [6.07, 6.45) is -0.617. The Labute approximate surface area is 153 Å². The minimum Gasteiger partial charge on any atom is -0.453 e. The Kier molecular flexibility index (Phi) is 5.62. The molecule has 0 aliphatic carbocycles. The maximum atomic E-state index is 12.3. The molecule has 2 atom stereocenters. The van der Waals surface area contributed by atoms with Gasteiger partial charge in [-0.25, -0.2) is 4.79 Å². The summed E-state index contributed by atoms with van der Waals surface area (Å²) in [5.74, 6) is -1.66. The standard InChI is InChI=1S/C17H19BrN2O5/c1-4-17(3)15(23)20(16(24)19-17)9-13(21)25-10(2)14(22)11-5-7-12(18)8-6-11/h5-8,10H,4,9H2,1-3H3,(H,19,24)/t10-,17+/m1/s1. The first-order chi connectivity index (χ1) is 11.7.